The van der Waals surface area contributed by atoms with E-state index >= 15 is 0 Å². The number of nitro groups is 2. The zero-order valence-electron chi connectivity index (χ0n) is 15.9. The molecule has 2 rings (SSSR count). The lowest BCUT2D eigenvalue weighted by Gasteiger charge is -2.13. The Morgan fingerprint density at radius 2 is 1.03 bits per heavy atom. The second-order valence-corrected chi connectivity index (χ2v) is 8.55. The Bertz CT molecular complexity index is 919. The lowest BCUT2D eigenvalue weighted by atomic mass is 10.2. The van der Waals surface area contributed by atoms with Crippen LogP contribution in [0.4, 0.5) is 37.7 Å². The number of halogens is 6. The summed E-state index contributed by atoms with van der Waals surface area (Å²) in [4.78, 5) is 19.2. The van der Waals surface area contributed by atoms with Gasteiger partial charge in [0.05, 0.1) is 21.0 Å². The van der Waals surface area contributed by atoms with Crippen LogP contribution in [0.25, 0.3) is 0 Å². The molecule has 14 heteroatoms. The number of unbranched alkanes of at least 4 members (excludes halogenated alkanes) is 1. The smallest absolute Gasteiger partial charge is 0.258 e. The van der Waals surface area contributed by atoms with Crippen LogP contribution >= 0.6 is 23.5 Å². The largest absolute Gasteiger partial charge is 0.417 e. The number of hydrogen-bond donors (Lipinski definition) is 0. The molecule has 6 nitrogen and oxygen atoms in total. The summed E-state index contributed by atoms with van der Waals surface area (Å²) in [6.45, 7) is 0. The van der Waals surface area contributed by atoms with Gasteiger partial charge in [0.15, 0.2) is 0 Å². The van der Waals surface area contributed by atoms with E-state index in [-0.39, 0.29) is 21.3 Å². The summed E-state index contributed by atoms with van der Waals surface area (Å²) in [7, 11) is 0. The normalized spacial score (nSPS) is 12.1. The standard InChI is InChI=1S/C18H14F6N2O4S2/c19-17(20,21)13-9-11(25(27)28)3-5-15(13)31-7-1-2-8-32-16-6-4-12(26(29)30)10-14(16)18(22,23)24/h3-6,9-10H,1-2,7-8H2. The number of nitro benzene ring substituents is 2. The van der Waals surface area contributed by atoms with Crippen molar-refractivity contribution in [2.75, 3.05) is 11.5 Å². The van der Waals surface area contributed by atoms with Gasteiger partial charge < -0.3 is 0 Å². The van der Waals surface area contributed by atoms with Crippen LogP contribution in [0.5, 0.6) is 0 Å². The van der Waals surface area contributed by atoms with Crippen LogP contribution in [0.2, 0.25) is 0 Å². The Hall–Kier alpha value is -2.48. The zero-order valence-corrected chi connectivity index (χ0v) is 17.5. The van der Waals surface area contributed by atoms with Gasteiger partial charge >= 0.3 is 12.4 Å². The molecule has 0 aliphatic heterocycles. The van der Waals surface area contributed by atoms with E-state index in [2.05, 4.69) is 0 Å². The fourth-order valence-electron chi connectivity index (χ4n) is 2.53. The molecule has 2 aromatic rings. The van der Waals surface area contributed by atoms with Gasteiger partial charge in [-0.25, -0.2) is 0 Å². The van der Waals surface area contributed by atoms with E-state index in [1.807, 2.05) is 0 Å². The van der Waals surface area contributed by atoms with Crippen molar-refractivity contribution in [3.8, 4) is 0 Å². The lowest BCUT2D eigenvalue weighted by Crippen LogP contribution is -2.08. The summed E-state index contributed by atoms with van der Waals surface area (Å²) >= 11 is 1.69. The van der Waals surface area contributed by atoms with E-state index in [4.69, 9.17) is 0 Å². The fraction of sp³-hybridized carbons (Fsp3) is 0.333. The first-order valence-electron chi connectivity index (χ1n) is 8.77. The highest BCUT2D eigenvalue weighted by molar-refractivity contribution is 7.99. The third kappa shape index (κ3) is 7.02. The predicted octanol–water partition coefficient (Wildman–Crippen LogP) is 7.21. The molecule has 0 aromatic heterocycles. The van der Waals surface area contributed by atoms with Crippen molar-refractivity contribution < 1.29 is 36.2 Å². The predicted molar refractivity (Wildman–Crippen MR) is 107 cm³/mol. The van der Waals surface area contributed by atoms with Crippen molar-refractivity contribution in [1.82, 2.24) is 0 Å². The molecular weight excluding hydrogens is 486 g/mol. The highest BCUT2D eigenvalue weighted by Crippen LogP contribution is 2.40. The number of rotatable bonds is 9. The summed E-state index contributed by atoms with van der Waals surface area (Å²) in [5.41, 5.74) is -3.60. The van der Waals surface area contributed by atoms with Gasteiger partial charge in [0.2, 0.25) is 0 Å². The summed E-state index contributed by atoms with van der Waals surface area (Å²) in [6, 6.07) is 4.91. The Morgan fingerprint density at radius 3 is 1.31 bits per heavy atom. The third-order valence-electron chi connectivity index (χ3n) is 4.01. The van der Waals surface area contributed by atoms with Crippen molar-refractivity contribution in [1.29, 1.82) is 0 Å². The van der Waals surface area contributed by atoms with Gasteiger partial charge in [0.25, 0.3) is 11.4 Å². The van der Waals surface area contributed by atoms with Gasteiger partial charge in [-0.05, 0) is 36.5 Å². The monoisotopic (exact) mass is 500 g/mol. The molecule has 0 amide bonds. The Morgan fingerprint density at radius 1 is 0.688 bits per heavy atom. The van der Waals surface area contributed by atoms with E-state index < -0.39 is 44.7 Å². The van der Waals surface area contributed by atoms with Gasteiger partial charge in [-0.3, -0.25) is 20.2 Å². The summed E-state index contributed by atoms with van der Waals surface area (Å²) in [5, 5.41) is 21.4. The molecule has 0 heterocycles. The van der Waals surface area contributed by atoms with E-state index in [1.54, 1.807) is 0 Å². The average molecular weight is 500 g/mol. The number of alkyl halides is 6. The summed E-state index contributed by atoms with van der Waals surface area (Å²) in [6.07, 6.45) is -8.79. The van der Waals surface area contributed by atoms with Crippen LogP contribution in [-0.4, -0.2) is 21.4 Å². The molecule has 0 aliphatic carbocycles. The number of nitrogens with zero attached hydrogens (tertiary/aromatic N) is 2. The van der Waals surface area contributed by atoms with Crippen molar-refractivity contribution in [2.24, 2.45) is 0 Å². The molecule has 0 unspecified atom stereocenters. The Kier molecular flexibility index (Phi) is 8.40. The van der Waals surface area contributed by atoms with Crippen LogP contribution in [0.3, 0.4) is 0 Å². The molecule has 0 radical (unpaired) electrons. The van der Waals surface area contributed by atoms with Gasteiger partial charge in [0.1, 0.15) is 0 Å². The maximum atomic E-state index is 13.1. The third-order valence-corrected chi connectivity index (χ3v) is 6.33. The van der Waals surface area contributed by atoms with Crippen LogP contribution in [0, 0.1) is 20.2 Å². The number of hydrogen-bond acceptors (Lipinski definition) is 6. The molecule has 32 heavy (non-hydrogen) atoms. The highest BCUT2D eigenvalue weighted by Gasteiger charge is 2.36. The quantitative estimate of drug-likeness (QED) is 0.119. The second kappa shape index (κ2) is 10.4. The van der Waals surface area contributed by atoms with Gasteiger partial charge in [-0.15, -0.1) is 23.5 Å². The van der Waals surface area contributed by atoms with Crippen LogP contribution < -0.4 is 0 Å². The SMILES string of the molecule is O=[N+]([O-])c1ccc(SCCCCSc2ccc([N+](=O)[O-])cc2C(F)(F)F)c(C(F)(F)F)c1. The molecule has 0 saturated carbocycles. The molecule has 0 spiro atoms. The van der Waals surface area contributed by atoms with Crippen molar-refractivity contribution in [3.63, 3.8) is 0 Å². The molecular formula is C18H14F6N2O4S2. The van der Waals surface area contributed by atoms with E-state index in [0.717, 1.165) is 47.8 Å². The minimum atomic E-state index is -4.77. The Labute approximate surface area is 185 Å². The average Bonchev–Trinajstić information content (AvgIpc) is 2.68. The number of benzene rings is 2. The lowest BCUT2D eigenvalue weighted by molar-refractivity contribution is -0.385. The topological polar surface area (TPSA) is 86.3 Å². The van der Waals surface area contributed by atoms with Gasteiger partial charge in [-0.2, -0.15) is 26.3 Å². The maximum absolute atomic E-state index is 13.1. The molecule has 174 valence electrons. The van der Waals surface area contributed by atoms with E-state index in [0.29, 0.717) is 25.0 Å². The zero-order chi connectivity index (χ0) is 24.1. The minimum absolute atomic E-state index is 0.175. The van der Waals surface area contributed by atoms with E-state index in [1.165, 1.54) is 0 Å². The van der Waals surface area contributed by atoms with Crippen molar-refractivity contribution >= 4 is 34.9 Å². The summed E-state index contributed by atoms with van der Waals surface area (Å²) in [5.74, 6) is 0.432. The summed E-state index contributed by atoms with van der Waals surface area (Å²) < 4.78 is 78.9. The van der Waals surface area contributed by atoms with Crippen molar-refractivity contribution in [3.05, 3.63) is 67.8 Å². The first-order chi connectivity index (χ1) is 14.8. The number of non-ortho nitro benzene ring substituents is 2. The fourth-order valence-corrected chi connectivity index (χ4v) is 4.65. The molecule has 2 aromatic carbocycles. The Balaban J connectivity index is 1.95. The molecule has 0 bridgehead atoms. The van der Waals surface area contributed by atoms with Crippen LogP contribution in [0.1, 0.15) is 24.0 Å². The first-order valence-corrected chi connectivity index (χ1v) is 10.7. The molecule has 0 atom stereocenters. The first kappa shape index (κ1) is 25.8. The van der Waals surface area contributed by atoms with Gasteiger partial charge in [0, 0.05) is 34.1 Å². The molecule has 0 saturated heterocycles. The molecule has 0 N–H and O–H groups in total. The van der Waals surface area contributed by atoms with Gasteiger partial charge in [-0.1, -0.05) is 0 Å². The molecule has 0 fully saturated rings. The number of thioether (sulfide) groups is 2. The van der Waals surface area contributed by atoms with Crippen molar-refractivity contribution in [2.45, 2.75) is 35.0 Å². The molecule has 0 aliphatic rings. The van der Waals surface area contributed by atoms with Crippen LogP contribution in [-0.2, 0) is 12.4 Å². The second-order valence-electron chi connectivity index (χ2n) is 6.27. The minimum Gasteiger partial charge on any atom is -0.258 e. The maximum Gasteiger partial charge on any atom is 0.417 e. The van der Waals surface area contributed by atoms with Crippen LogP contribution in [0.15, 0.2) is 46.2 Å². The van der Waals surface area contributed by atoms with E-state index in [9.17, 15) is 46.6 Å². The highest BCUT2D eigenvalue weighted by atomic mass is 32.2.